The minimum atomic E-state index is -0.589. The van der Waals surface area contributed by atoms with Crippen LogP contribution in [0.15, 0.2) is 24.3 Å². The second kappa shape index (κ2) is 7.71. The second-order valence-electron chi connectivity index (χ2n) is 7.16. The van der Waals surface area contributed by atoms with E-state index in [1.165, 1.54) is 12.1 Å². The molecule has 1 heterocycles. The van der Waals surface area contributed by atoms with Crippen molar-refractivity contribution in [2.45, 2.75) is 50.9 Å². The van der Waals surface area contributed by atoms with Crippen molar-refractivity contribution in [2.24, 2.45) is 0 Å². The zero-order valence-electron chi connectivity index (χ0n) is 14.3. The van der Waals surface area contributed by atoms with Gasteiger partial charge in [0.05, 0.1) is 18.3 Å². The highest BCUT2D eigenvalue weighted by molar-refractivity contribution is 5.25. The van der Waals surface area contributed by atoms with Crippen molar-refractivity contribution in [1.29, 1.82) is 0 Å². The predicted molar refractivity (Wildman–Crippen MR) is 87.8 cm³/mol. The molecule has 2 N–H and O–H groups in total. The van der Waals surface area contributed by atoms with Crippen LogP contribution in [-0.2, 0) is 15.0 Å². The van der Waals surface area contributed by atoms with E-state index in [2.05, 4.69) is 5.32 Å². The third kappa shape index (κ3) is 5.53. The first-order valence-electron chi connectivity index (χ1n) is 8.22. The van der Waals surface area contributed by atoms with Crippen molar-refractivity contribution in [3.63, 3.8) is 0 Å². The molecule has 2 rings (SSSR count). The summed E-state index contributed by atoms with van der Waals surface area (Å²) in [5.41, 5.74) is 0.481. The summed E-state index contributed by atoms with van der Waals surface area (Å²) in [5, 5.41) is 13.6. The van der Waals surface area contributed by atoms with E-state index in [1.54, 1.807) is 0 Å². The fraction of sp³-hybridized carbons (Fsp3) is 0.667. The Morgan fingerprint density at radius 2 is 1.87 bits per heavy atom. The van der Waals surface area contributed by atoms with Gasteiger partial charge in [0, 0.05) is 25.3 Å². The maximum atomic E-state index is 13.2. The first-order valence-corrected chi connectivity index (χ1v) is 8.22. The lowest BCUT2D eigenvalue weighted by Crippen LogP contribution is -2.50. The van der Waals surface area contributed by atoms with Crippen LogP contribution >= 0.6 is 0 Å². The fourth-order valence-electron chi connectivity index (χ4n) is 2.77. The fourth-order valence-corrected chi connectivity index (χ4v) is 2.77. The first-order chi connectivity index (χ1) is 10.8. The molecule has 1 aromatic rings. The van der Waals surface area contributed by atoms with Gasteiger partial charge in [0.1, 0.15) is 5.82 Å². The molecule has 0 bridgehead atoms. The molecule has 1 unspecified atom stereocenters. The zero-order valence-corrected chi connectivity index (χ0v) is 14.3. The molecule has 1 aromatic carbocycles. The molecule has 0 spiro atoms. The Morgan fingerprint density at radius 1 is 1.26 bits per heavy atom. The number of rotatable bonds is 6. The van der Waals surface area contributed by atoms with Gasteiger partial charge in [-0.05, 0) is 51.3 Å². The second-order valence-corrected chi connectivity index (χ2v) is 7.16. The van der Waals surface area contributed by atoms with Crippen LogP contribution in [0, 0.1) is 5.82 Å². The van der Waals surface area contributed by atoms with Crippen molar-refractivity contribution in [1.82, 2.24) is 5.32 Å². The summed E-state index contributed by atoms with van der Waals surface area (Å²) in [6, 6.07) is 6.58. The summed E-state index contributed by atoms with van der Waals surface area (Å²) < 4.78 is 24.3. The smallest absolute Gasteiger partial charge is 0.123 e. The first kappa shape index (κ1) is 18.3. The lowest BCUT2D eigenvalue weighted by Gasteiger charge is -2.39. The van der Waals surface area contributed by atoms with Crippen LogP contribution in [0.25, 0.3) is 0 Å². The minimum absolute atomic E-state index is 0.241. The lowest BCUT2D eigenvalue weighted by atomic mass is 9.82. The molecule has 1 aliphatic heterocycles. The van der Waals surface area contributed by atoms with E-state index in [0.29, 0.717) is 19.8 Å². The number of aliphatic hydroxyl groups is 1. The Hall–Kier alpha value is -1.01. The van der Waals surface area contributed by atoms with Gasteiger partial charge >= 0.3 is 0 Å². The highest BCUT2D eigenvalue weighted by Crippen LogP contribution is 2.32. The Bertz CT molecular complexity index is 478. The van der Waals surface area contributed by atoms with E-state index in [0.717, 1.165) is 18.4 Å². The summed E-state index contributed by atoms with van der Waals surface area (Å²) >= 11 is 0. The molecule has 1 aliphatic rings. The quantitative estimate of drug-likeness (QED) is 0.844. The molecule has 0 saturated carbocycles. The van der Waals surface area contributed by atoms with E-state index >= 15 is 0 Å². The van der Waals surface area contributed by atoms with Crippen LogP contribution in [0.2, 0.25) is 0 Å². The summed E-state index contributed by atoms with van der Waals surface area (Å²) in [6.45, 7) is 7.90. The van der Waals surface area contributed by atoms with Gasteiger partial charge < -0.3 is 19.9 Å². The average Bonchev–Trinajstić information content (AvgIpc) is 2.52. The molecular weight excluding hydrogens is 297 g/mol. The van der Waals surface area contributed by atoms with Gasteiger partial charge in [-0.1, -0.05) is 12.1 Å². The van der Waals surface area contributed by atoms with Gasteiger partial charge in [0.2, 0.25) is 0 Å². The average molecular weight is 325 g/mol. The Morgan fingerprint density at radius 3 is 2.43 bits per heavy atom. The normalized spacial score (nSPS) is 19.5. The van der Waals surface area contributed by atoms with Crippen LogP contribution in [0.3, 0.4) is 0 Å². The predicted octanol–water partition coefficient (Wildman–Crippen LogP) is 2.60. The van der Waals surface area contributed by atoms with Crippen LogP contribution in [0.1, 0.15) is 39.2 Å². The number of benzene rings is 1. The molecule has 0 radical (unpaired) electrons. The number of halogens is 1. The van der Waals surface area contributed by atoms with Crippen LogP contribution in [0.4, 0.5) is 4.39 Å². The molecule has 130 valence electrons. The SMILES string of the molecule is CC(C)(C)OCC(O)CNC1(c2ccc(F)cc2)CCOCC1. The van der Waals surface area contributed by atoms with E-state index in [9.17, 15) is 9.50 Å². The highest BCUT2D eigenvalue weighted by atomic mass is 19.1. The van der Waals surface area contributed by atoms with Gasteiger partial charge in [-0.2, -0.15) is 0 Å². The Balaban J connectivity index is 2.00. The van der Waals surface area contributed by atoms with Gasteiger partial charge in [-0.3, -0.25) is 0 Å². The minimum Gasteiger partial charge on any atom is -0.389 e. The summed E-state index contributed by atoms with van der Waals surface area (Å²) in [4.78, 5) is 0. The molecule has 23 heavy (non-hydrogen) atoms. The Kier molecular flexibility index (Phi) is 6.14. The van der Waals surface area contributed by atoms with Gasteiger partial charge in [0.25, 0.3) is 0 Å². The Labute approximate surface area is 138 Å². The maximum absolute atomic E-state index is 13.2. The molecule has 0 aromatic heterocycles. The number of ether oxygens (including phenoxy) is 2. The number of hydrogen-bond donors (Lipinski definition) is 2. The zero-order chi connectivity index (χ0) is 16.9. The third-order valence-corrected chi connectivity index (χ3v) is 4.13. The van der Waals surface area contributed by atoms with E-state index in [-0.39, 0.29) is 23.6 Å². The summed E-state index contributed by atoms with van der Waals surface area (Å²) in [7, 11) is 0. The van der Waals surface area contributed by atoms with Crippen molar-refractivity contribution >= 4 is 0 Å². The molecular formula is C18H28FNO3. The molecule has 1 atom stereocenters. The maximum Gasteiger partial charge on any atom is 0.123 e. The van der Waals surface area contributed by atoms with Crippen LogP contribution in [0.5, 0.6) is 0 Å². The topological polar surface area (TPSA) is 50.7 Å². The molecule has 1 fully saturated rings. The van der Waals surface area contributed by atoms with Gasteiger partial charge in [-0.25, -0.2) is 4.39 Å². The monoisotopic (exact) mass is 325 g/mol. The van der Waals surface area contributed by atoms with Gasteiger partial charge in [0.15, 0.2) is 0 Å². The van der Waals surface area contributed by atoms with Crippen molar-refractivity contribution < 1.29 is 19.0 Å². The van der Waals surface area contributed by atoms with E-state index in [4.69, 9.17) is 9.47 Å². The largest absolute Gasteiger partial charge is 0.389 e. The van der Waals surface area contributed by atoms with Crippen LogP contribution in [-0.4, -0.2) is 43.2 Å². The number of nitrogens with one attached hydrogen (secondary N) is 1. The standard InChI is InChI=1S/C18H28FNO3/c1-17(2,3)23-13-16(21)12-20-18(8-10-22-11-9-18)14-4-6-15(19)7-5-14/h4-7,16,20-21H,8-13H2,1-3H3. The number of hydrogen-bond acceptors (Lipinski definition) is 4. The van der Waals surface area contributed by atoms with Crippen molar-refractivity contribution in [3.8, 4) is 0 Å². The molecule has 4 nitrogen and oxygen atoms in total. The van der Waals surface area contributed by atoms with Crippen molar-refractivity contribution in [2.75, 3.05) is 26.4 Å². The lowest BCUT2D eigenvalue weighted by molar-refractivity contribution is -0.0518. The van der Waals surface area contributed by atoms with Crippen LogP contribution < -0.4 is 5.32 Å². The van der Waals surface area contributed by atoms with E-state index in [1.807, 2.05) is 32.9 Å². The summed E-state index contributed by atoms with van der Waals surface area (Å²) in [5.74, 6) is -0.241. The number of aliphatic hydroxyl groups excluding tert-OH is 1. The van der Waals surface area contributed by atoms with Gasteiger partial charge in [-0.15, -0.1) is 0 Å². The summed E-state index contributed by atoms with van der Waals surface area (Å²) in [6.07, 6.45) is 1.01. The third-order valence-electron chi connectivity index (χ3n) is 4.13. The van der Waals surface area contributed by atoms with Crippen molar-refractivity contribution in [3.05, 3.63) is 35.6 Å². The molecule has 0 amide bonds. The highest BCUT2D eigenvalue weighted by Gasteiger charge is 2.34. The molecule has 1 saturated heterocycles. The van der Waals surface area contributed by atoms with E-state index < -0.39 is 6.10 Å². The molecule has 5 heteroatoms. The molecule has 0 aliphatic carbocycles.